The number of guanidine groups is 1. The summed E-state index contributed by atoms with van der Waals surface area (Å²) in [6.45, 7) is 8.01. The highest BCUT2D eigenvalue weighted by Gasteiger charge is 2.09. The molecule has 0 atom stereocenters. The van der Waals surface area contributed by atoms with Crippen LogP contribution in [0.2, 0.25) is 0 Å². The number of nitrogens with zero attached hydrogens (tertiary/aromatic N) is 3. The largest absolute Gasteiger partial charge is 0.357 e. The number of aryl methyl sites for hydroxylation is 1. The van der Waals surface area contributed by atoms with Gasteiger partial charge in [0.15, 0.2) is 5.96 Å². The molecule has 7 heteroatoms. The van der Waals surface area contributed by atoms with Crippen molar-refractivity contribution in [2.45, 2.75) is 39.8 Å². The molecule has 132 valence electrons. The Balaban J connectivity index is 0.00000484. The van der Waals surface area contributed by atoms with Crippen LogP contribution in [0.15, 0.2) is 23.3 Å². The normalized spacial score (nSPS) is 11.1. The summed E-state index contributed by atoms with van der Waals surface area (Å²) in [7, 11) is 4.03. The first-order valence-electron chi connectivity index (χ1n) is 7.83. The van der Waals surface area contributed by atoms with Crippen LogP contribution in [0.3, 0.4) is 0 Å². The molecular formula is C16H30IN5O. The predicted octanol–water partition coefficient (Wildman–Crippen LogP) is 1.96. The number of carbonyl (C=O) groups is 1. The number of rotatable bonds is 7. The topological polar surface area (TPSA) is 61.7 Å². The van der Waals surface area contributed by atoms with Crippen LogP contribution in [-0.2, 0) is 18.4 Å². The molecular weight excluding hydrogens is 405 g/mol. The van der Waals surface area contributed by atoms with Crippen LogP contribution in [0, 0.1) is 0 Å². The van der Waals surface area contributed by atoms with E-state index in [1.54, 1.807) is 0 Å². The van der Waals surface area contributed by atoms with Crippen LogP contribution in [0.1, 0.15) is 32.9 Å². The summed E-state index contributed by atoms with van der Waals surface area (Å²) in [5.41, 5.74) is 1.21. The lowest BCUT2D eigenvalue weighted by molar-refractivity contribution is -0.121. The molecule has 1 aromatic heterocycles. The van der Waals surface area contributed by atoms with E-state index < -0.39 is 0 Å². The zero-order chi connectivity index (χ0) is 16.5. The minimum atomic E-state index is 0. The molecule has 0 unspecified atom stereocenters. The third kappa shape index (κ3) is 8.24. The Morgan fingerprint density at radius 1 is 1.43 bits per heavy atom. The van der Waals surface area contributed by atoms with Gasteiger partial charge in [0.05, 0.1) is 13.1 Å². The van der Waals surface area contributed by atoms with Crippen molar-refractivity contribution in [3.63, 3.8) is 0 Å². The summed E-state index contributed by atoms with van der Waals surface area (Å²) in [5, 5.41) is 6.14. The minimum absolute atomic E-state index is 0. The van der Waals surface area contributed by atoms with Gasteiger partial charge in [0, 0.05) is 45.0 Å². The highest BCUT2D eigenvalue weighted by atomic mass is 127. The standard InChI is InChI=1S/C16H29N5O.HI/c1-6-17-16(18-10-9-15(22)19-13(2)3)21(5)12-14-8-7-11-20(14)4;/h7-8,11,13H,6,9-10,12H2,1-5H3,(H,17,18)(H,19,22);1H. The van der Waals surface area contributed by atoms with E-state index in [2.05, 4.69) is 31.2 Å². The van der Waals surface area contributed by atoms with Gasteiger partial charge in [-0.05, 0) is 32.9 Å². The Morgan fingerprint density at radius 3 is 2.65 bits per heavy atom. The number of hydrogen-bond acceptors (Lipinski definition) is 2. The zero-order valence-electron chi connectivity index (χ0n) is 14.8. The van der Waals surface area contributed by atoms with Crippen molar-refractivity contribution in [1.82, 2.24) is 20.1 Å². The number of carbonyl (C=O) groups excluding carboxylic acids is 1. The first kappa shape index (κ1) is 21.8. The van der Waals surface area contributed by atoms with Crippen molar-refractivity contribution in [2.24, 2.45) is 12.0 Å². The maximum absolute atomic E-state index is 11.6. The van der Waals surface area contributed by atoms with Crippen LogP contribution >= 0.6 is 24.0 Å². The Morgan fingerprint density at radius 2 is 2.13 bits per heavy atom. The molecule has 0 bridgehead atoms. The lowest BCUT2D eigenvalue weighted by Crippen LogP contribution is -2.39. The molecule has 1 amide bonds. The van der Waals surface area contributed by atoms with Crippen LogP contribution in [0.25, 0.3) is 0 Å². The third-order valence-electron chi connectivity index (χ3n) is 3.20. The lowest BCUT2D eigenvalue weighted by atomic mass is 10.3. The van der Waals surface area contributed by atoms with Gasteiger partial charge >= 0.3 is 0 Å². The monoisotopic (exact) mass is 435 g/mol. The zero-order valence-corrected chi connectivity index (χ0v) is 17.1. The number of hydrogen-bond donors (Lipinski definition) is 2. The van der Waals surface area contributed by atoms with Gasteiger partial charge in [0.25, 0.3) is 0 Å². The van der Waals surface area contributed by atoms with Crippen molar-refractivity contribution >= 4 is 35.8 Å². The number of halogens is 1. The number of aromatic nitrogens is 1. The number of amides is 1. The average Bonchev–Trinajstić information content (AvgIpc) is 2.82. The van der Waals surface area contributed by atoms with Crippen molar-refractivity contribution in [3.8, 4) is 0 Å². The summed E-state index contributed by atoms with van der Waals surface area (Å²) in [6.07, 6.45) is 2.44. The molecule has 0 aliphatic rings. The van der Waals surface area contributed by atoms with E-state index in [0.717, 1.165) is 19.0 Å². The van der Waals surface area contributed by atoms with Crippen LogP contribution in [0.5, 0.6) is 0 Å². The summed E-state index contributed by atoms with van der Waals surface area (Å²) in [6, 6.07) is 4.30. The second-order valence-corrected chi connectivity index (χ2v) is 5.67. The third-order valence-corrected chi connectivity index (χ3v) is 3.20. The van der Waals surface area contributed by atoms with Gasteiger partial charge < -0.3 is 20.1 Å². The van der Waals surface area contributed by atoms with Crippen molar-refractivity contribution in [3.05, 3.63) is 24.0 Å². The molecule has 0 aromatic carbocycles. The quantitative estimate of drug-likeness (QED) is 0.391. The molecule has 2 N–H and O–H groups in total. The molecule has 0 radical (unpaired) electrons. The van der Waals surface area contributed by atoms with E-state index in [9.17, 15) is 4.79 Å². The Hall–Kier alpha value is -1.25. The van der Waals surface area contributed by atoms with Crippen LogP contribution < -0.4 is 10.6 Å². The van der Waals surface area contributed by atoms with Gasteiger partial charge in [-0.25, -0.2) is 0 Å². The molecule has 1 aromatic rings. The second-order valence-electron chi connectivity index (χ2n) is 5.67. The first-order chi connectivity index (χ1) is 10.4. The van der Waals surface area contributed by atoms with E-state index >= 15 is 0 Å². The van der Waals surface area contributed by atoms with Crippen LogP contribution in [-0.4, -0.2) is 47.5 Å². The fourth-order valence-corrected chi connectivity index (χ4v) is 2.11. The van der Waals surface area contributed by atoms with E-state index in [1.165, 1.54) is 5.69 Å². The highest BCUT2D eigenvalue weighted by Crippen LogP contribution is 2.03. The average molecular weight is 435 g/mol. The summed E-state index contributed by atoms with van der Waals surface area (Å²) in [4.78, 5) is 18.2. The van der Waals surface area contributed by atoms with Gasteiger partial charge in [0.2, 0.25) is 5.91 Å². The summed E-state index contributed by atoms with van der Waals surface area (Å²) >= 11 is 0. The van der Waals surface area contributed by atoms with E-state index in [0.29, 0.717) is 13.0 Å². The van der Waals surface area contributed by atoms with Gasteiger partial charge in [-0.2, -0.15) is 0 Å². The van der Waals surface area contributed by atoms with Gasteiger partial charge in [-0.3, -0.25) is 9.79 Å². The summed E-state index contributed by atoms with van der Waals surface area (Å²) < 4.78 is 2.09. The molecule has 0 aliphatic heterocycles. The molecule has 0 fully saturated rings. The molecule has 0 aliphatic carbocycles. The second kappa shape index (κ2) is 11.3. The van der Waals surface area contributed by atoms with Crippen molar-refractivity contribution in [2.75, 3.05) is 20.1 Å². The van der Waals surface area contributed by atoms with Crippen molar-refractivity contribution in [1.29, 1.82) is 0 Å². The maximum atomic E-state index is 11.6. The lowest BCUT2D eigenvalue weighted by Gasteiger charge is -2.22. The molecule has 6 nitrogen and oxygen atoms in total. The number of nitrogens with one attached hydrogen (secondary N) is 2. The minimum Gasteiger partial charge on any atom is -0.357 e. The molecule has 1 rings (SSSR count). The Kier molecular flexibility index (Phi) is 10.7. The van der Waals surface area contributed by atoms with Crippen LogP contribution in [0.4, 0.5) is 0 Å². The SMILES string of the molecule is CCNC(=NCCC(=O)NC(C)C)N(C)Cc1cccn1C.I. The predicted molar refractivity (Wildman–Crippen MR) is 106 cm³/mol. The van der Waals surface area contributed by atoms with Gasteiger partial charge in [-0.1, -0.05) is 0 Å². The molecule has 0 saturated heterocycles. The fourth-order valence-electron chi connectivity index (χ4n) is 2.11. The van der Waals surface area contributed by atoms with Crippen molar-refractivity contribution < 1.29 is 4.79 Å². The van der Waals surface area contributed by atoms with E-state index in [-0.39, 0.29) is 35.9 Å². The fraction of sp³-hybridized carbons (Fsp3) is 0.625. The molecule has 1 heterocycles. The highest BCUT2D eigenvalue weighted by molar-refractivity contribution is 14.0. The first-order valence-corrected chi connectivity index (χ1v) is 7.83. The summed E-state index contributed by atoms with van der Waals surface area (Å²) in [5.74, 6) is 0.862. The van der Waals surface area contributed by atoms with E-state index in [1.807, 2.05) is 47.1 Å². The molecule has 0 saturated carbocycles. The van der Waals surface area contributed by atoms with Gasteiger partial charge in [-0.15, -0.1) is 24.0 Å². The smallest absolute Gasteiger partial charge is 0.222 e. The molecule has 23 heavy (non-hydrogen) atoms. The maximum Gasteiger partial charge on any atom is 0.222 e. The number of aliphatic imine (C=N–C) groups is 1. The van der Waals surface area contributed by atoms with Gasteiger partial charge in [0.1, 0.15) is 0 Å². The Bertz CT molecular complexity index is 498. The Labute approximate surface area is 156 Å². The molecule has 0 spiro atoms. The van der Waals surface area contributed by atoms with E-state index in [4.69, 9.17) is 0 Å².